The highest BCUT2D eigenvalue weighted by Crippen LogP contribution is 2.25. The van der Waals surface area contributed by atoms with Crippen molar-refractivity contribution in [3.63, 3.8) is 0 Å². The minimum Gasteiger partial charge on any atom is -0.352 e. The fraction of sp³-hybridized carbons (Fsp3) is 0.389. The van der Waals surface area contributed by atoms with Crippen LogP contribution < -0.4 is 10.5 Å². The maximum Gasteiger partial charge on any atom is 0.274 e. The van der Waals surface area contributed by atoms with Gasteiger partial charge in [-0.15, -0.1) is 0 Å². The molecule has 2 aliphatic rings. The van der Waals surface area contributed by atoms with Crippen LogP contribution in [0.3, 0.4) is 0 Å². The van der Waals surface area contributed by atoms with Crippen molar-refractivity contribution in [2.24, 2.45) is 0 Å². The van der Waals surface area contributed by atoms with Crippen molar-refractivity contribution >= 4 is 11.7 Å². The number of nitrogens with one attached hydrogen (secondary N) is 1. The maximum atomic E-state index is 12.7. The molecule has 1 amide bonds. The van der Waals surface area contributed by atoms with Crippen molar-refractivity contribution in [1.29, 1.82) is 0 Å². The molecule has 4 rings (SSSR count). The van der Waals surface area contributed by atoms with Crippen molar-refractivity contribution < 1.29 is 4.79 Å². The molecular weight excluding hydrogens is 332 g/mol. The summed E-state index contributed by atoms with van der Waals surface area (Å²) in [5.41, 5.74) is 2.07. The Kier molecular flexibility index (Phi) is 4.47. The topological polar surface area (TPSA) is 95.1 Å². The second kappa shape index (κ2) is 7.07. The number of fused-ring (bicyclic) bond motifs is 1. The predicted molar refractivity (Wildman–Crippen MR) is 96.2 cm³/mol. The van der Waals surface area contributed by atoms with Crippen LogP contribution in [0.1, 0.15) is 28.2 Å². The molecule has 4 heterocycles. The van der Waals surface area contributed by atoms with E-state index in [-0.39, 0.29) is 17.2 Å². The lowest BCUT2D eigenvalue weighted by Gasteiger charge is -2.27. The summed E-state index contributed by atoms with van der Waals surface area (Å²) in [6, 6.07) is 2.78. The number of aromatic amines is 1. The van der Waals surface area contributed by atoms with E-state index in [1.165, 1.54) is 12.1 Å². The van der Waals surface area contributed by atoms with Crippen molar-refractivity contribution in [2.75, 3.05) is 31.1 Å². The minimum absolute atomic E-state index is 0.176. The van der Waals surface area contributed by atoms with Crippen LogP contribution in [-0.2, 0) is 12.8 Å². The molecule has 0 bridgehead atoms. The largest absolute Gasteiger partial charge is 0.352 e. The van der Waals surface area contributed by atoms with Gasteiger partial charge >= 0.3 is 0 Å². The molecule has 0 aliphatic carbocycles. The molecule has 0 spiro atoms. The fourth-order valence-corrected chi connectivity index (χ4v) is 3.44. The molecule has 134 valence electrons. The number of carbonyl (C=O) groups is 1. The second-order valence-corrected chi connectivity index (χ2v) is 6.43. The molecule has 8 nitrogen and oxygen atoms in total. The van der Waals surface area contributed by atoms with Gasteiger partial charge < -0.3 is 9.80 Å². The molecule has 0 fully saturated rings. The Morgan fingerprint density at radius 3 is 2.73 bits per heavy atom. The van der Waals surface area contributed by atoms with Gasteiger partial charge in [-0.25, -0.2) is 15.1 Å². The molecule has 8 heteroatoms. The van der Waals surface area contributed by atoms with Crippen molar-refractivity contribution in [3.05, 3.63) is 57.9 Å². The summed E-state index contributed by atoms with van der Waals surface area (Å²) < 4.78 is 0. The summed E-state index contributed by atoms with van der Waals surface area (Å²) in [7, 11) is 0. The summed E-state index contributed by atoms with van der Waals surface area (Å²) in [5, 5.41) is 6.17. The fourth-order valence-electron chi connectivity index (χ4n) is 3.44. The molecule has 0 radical (unpaired) electrons. The van der Waals surface area contributed by atoms with Crippen LogP contribution in [0.25, 0.3) is 0 Å². The van der Waals surface area contributed by atoms with Gasteiger partial charge in [0.1, 0.15) is 17.8 Å². The van der Waals surface area contributed by atoms with E-state index >= 15 is 0 Å². The normalized spacial score (nSPS) is 16.9. The van der Waals surface area contributed by atoms with Crippen LogP contribution in [0, 0.1) is 0 Å². The van der Waals surface area contributed by atoms with Crippen LogP contribution in [0.2, 0.25) is 0 Å². The van der Waals surface area contributed by atoms with E-state index < -0.39 is 0 Å². The number of rotatable bonds is 2. The summed E-state index contributed by atoms with van der Waals surface area (Å²) in [5.74, 6) is 0.806. The monoisotopic (exact) mass is 352 g/mol. The minimum atomic E-state index is -0.319. The lowest BCUT2D eigenvalue weighted by atomic mass is 10.1. The van der Waals surface area contributed by atoms with Gasteiger partial charge in [-0.1, -0.05) is 12.2 Å². The smallest absolute Gasteiger partial charge is 0.274 e. The lowest BCUT2D eigenvalue weighted by Crippen LogP contribution is -2.34. The quantitative estimate of drug-likeness (QED) is 0.794. The van der Waals surface area contributed by atoms with E-state index in [2.05, 4.69) is 37.2 Å². The van der Waals surface area contributed by atoms with Crippen LogP contribution in [0.4, 0.5) is 5.82 Å². The van der Waals surface area contributed by atoms with Gasteiger partial charge in [-0.3, -0.25) is 9.59 Å². The van der Waals surface area contributed by atoms with E-state index in [1.54, 1.807) is 11.2 Å². The number of aromatic nitrogens is 4. The molecular formula is C18H20N6O2. The molecule has 0 aromatic carbocycles. The lowest BCUT2D eigenvalue weighted by molar-refractivity contribution is 0.0755. The Morgan fingerprint density at radius 1 is 1.08 bits per heavy atom. The molecule has 26 heavy (non-hydrogen) atoms. The van der Waals surface area contributed by atoms with Crippen LogP contribution in [0.5, 0.6) is 0 Å². The Labute approximate surface area is 150 Å². The van der Waals surface area contributed by atoms with Crippen molar-refractivity contribution in [2.45, 2.75) is 19.3 Å². The summed E-state index contributed by atoms with van der Waals surface area (Å²) in [6.07, 6.45) is 8.37. The second-order valence-electron chi connectivity index (χ2n) is 6.43. The molecule has 1 N–H and O–H groups in total. The highest BCUT2D eigenvalue weighted by Gasteiger charge is 2.25. The summed E-state index contributed by atoms with van der Waals surface area (Å²) >= 11 is 0. The average Bonchev–Trinajstić information content (AvgIpc) is 2.91. The molecule has 0 saturated carbocycles. The summed E-state index contributed by atoms with van der Waals surface area (Å²) in [4.78, 5) is 36.8. The first-order valence-corrected chi connectivity index (χ1v) is 8.80. The van der Waals surface area contributed by atoms with Gasteiger partial charge in [0.15, 0.2) is 0 Å². The highest BCUT2D eigenvalue weighted by molar-refractivity contribution is 5.92. The number of anilines is 1. The van der Waals surface area contributed by atoms with Gasteiger partial charge in [0, 0.05) is 44.2 Å². The van der Waals surface area contributed by atoms with Crippen LogP contribution in [0.15, 0.2) is 35.4 Å². The molecule has 0 saturated heterocycles. The van der Waals surface area contributed by atoms with Crippen LogP contribution in [-0.4, -0.2) is 57.2 Å². The van der Waals surface area contributed by atoms with E-state index in [1.807, 2.05) is 0 Å². The molecule has 2 aliphatic heterocycles. The Bertz CT molecular complexity index is 886. The first kappa shape index (κ1) is 16.4. The van der Waals surface area contributed by atoms with Crippen LogP contribution >= 0.6 is 0 Å². The molecule has 2 aromatic rings. The summed E-state index contributed by atoms with van der Waals surface area (Å²) in [6.45, 7) is 2.96. The zero-order valence-electron chi connectivity index (χ0n) is 14.4. The first-order chi connectivity index (χ1) is 12.7. The molecule has 0 unspecified atom stereocenters. The number of nitrogens with zero attached hydrogens (tertiary/aromatic N) is 5. The van der Waals surface area contributed by atoms with E-state index in [0.29, 0.717) is 25.9 Å². The molecule has 2 aromatic heterocycles. The average molecular weight is 352 g/mol. The maximum absolute atomic E-state index is 12.7. The van der Waals surface area contributed by atoms with Gasteiger partial charge in [0.2, 0.25) is 0 Å². The zero-order chi connectivity index (χ0) is 17.9. The number of carbonyl (C=O) groups excluding carboxylic acids is 1. The third kappa shape index (κ3) is 3.22. The zero-order valence-corrected chi connectivity index (χ0v) is 14.4. The standard InChI is InChI=1S/C18H20N6O2/c25-16-5-4-15(21-22-16)18(26)24-10-6-13-14(7-11-24)19-12-20-17(13)23-8-2-1-3-9-23/h1-2,4-5,12H,3,6-11H2,(H,22,25). The van der Waals surface area contributed by atoms with Gasteiger partial charge in [0.05, 0.1) is 5.69 Å². The number of hydrogen-bond acceptors (Lipinski definition) is 6. The third-order valence-electron chi connectivity index (χ3n) is 4.81. The Balaban J connectivity index is 1.55. The SMILES string of the molecule is O=C(c1ccc(=O)[nH]n1)N1CCc2ncnc(N3CC=CCC3)c2CC1. The number of hydrogen-bond donors (Lipinski definition) is 1. The highest BCUT2D eigenvalue weighted by atomic mass is 16.2. The molecule has 0 atom stereocenters. The number of amides is 1. The Morgan fingerprint density at radius 2 is 1.96 bits per heavy atom. The van der Waals surface area contributed by atoms with E-state index in [9.17, 15) is 9.59 Å². The predicted octanol–water partition coefficient (Wildman–Crippen LogP) is 0.567. The van der Waals surface area contributed by atoms with Crippen molar-refractivity contribution in [1.82, 2.24) is 25.1 Å². The first-order valence-electron chi connectivity index (χ1n) is 8.80. The van der Waals surface area contributed by atoms with E-state index in [0.717, 1.165) is 36.6 Å². The third-order valence-corrected chi connectivity index (χ3v) is 4.81. The van der Waals surface area contributed by atoms with Gasteiger partial charge in [-0.05, 0) is 18.9 Å². The van der Waals surface area contributed by atoms with Gasteiger partial charge in [0.25, 0.3) is 11.5 Å². The van der Waals surface area contributed by atoms with E-state index in [4.69, 9.17) is 0 Å². The van der Waals surface area contributed by atoms with Gasteiger partial charge in [-0.2, -0.15) is 5.10 Å². The van der Waals surface area contributed by atoms with Crippen molar-refractivity contribution in [3.8, 4) is 0 Å². The Hall–Kier alpha value is -3.03. The number of H-pyrrole nitrogens is 1.